The van der Waals surface area contributed by atoms with E-state index in [9.17, 15) is 9.59 Å². The summed E-state index contributed by atoms with van der Waals surface area (Å²) < 4.78 is 4.77. The zero-order valence-electron chi connectivity index (χ0n) is 11.2. The molecule has 1 saturated heterocycles. The Balaban J connectivity index is 1.89. The third-order valence-corrected chi connectivity index (χ3v) is 4.23. The van der Waals surface area contributed by atoms with Crippen LogP contribution in [0, 0.1) is 5.92 Å². The lowest BCUT2D eigenvalue weighted by molar-refractivity contribution is -0.151. The van der Waals surface area contributed by atoms with Gasteiger partial charge in [-0.1, -0.05) is 19.3 Å². The Hall–Kier alpha value is -1.06. The Kier molecular flexibility index (Phi) is 4.61. The Morgan fingerprint density at radius 3 is 2.50 bits per heavy atom. The van der Waals surface area contributed by atoms with Crippen molar-refractivity contribution in [3.8, 4) is 0 Å². The summed E-state index contributed by atoms with van der Waals surface area (Å²) in [5, 5.41) is 0. The number of methoxy groups -OCH3 is 1. The Morgan fingerprint density at radius 2 is 1.83 bits per heavy atom. The summed E-state index contributed by atoms with van der Waals surface area (Å²) in [5.74, 6) is 0.421. The average Bonchev–Trinajstić information content (AvgIpc) is 2.88. The maximum Gasteiger partial charge on any atom is 0.328 e. The summed E-state index contributed by atoms with van der Waals surface area (Å²) in [6.45, 7) is 0.714. The highest BCUT2D eigenvalue weighted by molar-refractivity contribution is 5.85. The van der Waals surface area contributed by atoms with E-state index < -0.39 is 0 Å². The van der Waals surface area contributed by atoms with Crippen LogP contribution in [-0.4, -0.2) is 36.5 Å². The molecule has 4 nitrogen and oxygen atoms in total. The molecule has 0 aromatic heterocycles. The van der Waals surface area contributed by atoms with Crippen molar-refractivity contribution >= 4 is 11.9 Å². The molecule has 2 aliphatic rings. The van der Waals surface area contributed by atoms with Crippen molar-refractivity contribution in [2.24, 2.45) is 5.92 Å². The molecule has 0 aromatic carbocycles. The zero-order chi connectivity index (χ0) is 13.0. The number of hydrogen-bond acceptors (Lipinski definition) is 3. The molecule has 18 heavy (non-hydrogen) atoms. The summed E-state index contributed by atoms with van der Waals surface area (Å²) >= 11 is 0. The molecule has 1 amide bonds. The van der Waals surface area contributed by atoms with Gasteiger partial charge in [-0.25, -0.2) is 4.79 Å². The highest BCUT2D eigenvalue weighted by Gasteiger charge is 2.35. The van der Waals surface area contributed by atoms with Gasteiger partial charge in [-0.15, -0.1) is 0 Å². The van der Waals surface area contributed by atoms with Crippen LogP contribution in [0.4, 0.5) is 0 Å². The van der Waals surface area contributed by atoms with Crippen molar-refractivity contribution in [1.29, 1.82) is 0 Å². The molecule has 102 valence electrons. The molecule has 4 heteroatoms. The molecule has 1 aliphatic heterocycles. The molecule has 0 N–H and O–H groups in total. The number of carbonyl (C=O) groups is 2. The van der Waals surface area contributed by atoms with Crippen LogP contribution in [-0.2, 0) is 14.3 Å². The molecular formula is C14H23NO3. The number of amides is 1. The number of rotatable bonds is 3. The Labute approximate surface area is 109 Å². The summed E-state index contributed by atoms with van der Waals surface area (Å²) in [6.07, 6.45) is 8.42. The topological polar surface area (TPSA) is 46.6 Å². The molecule has 0 spiro atoms. The van der Waals surface area contributed by atoms with Gasteiger partial charge in [-0.3, -0.25) is 4.79 Å². The number of likely N-dealkylation sites (tertiary alicyclic amines) is 1. The molecule has 0 aromatic rings. The van der Waals surface area contributed by atoms with Crippen LogP contribution >= 0.6 is 0 Å². The summed E-state index contributed by atoms with van der Waals surface area (Å²) in [4.78, 5) is 25.6. The molecule has 0 bridgehead atoms. The number of carbonyl (C=O) groups excluding carboxylic acids is 2. The summed E-state index contributed by atoms with van der Waals surface area (Å²) in [7, 11) is 1.39. The summed E-state index contributed by atoms with van der Waals surface area (Å²) in [5.41, 5.74) is 0. The van der Waals surface area contributed by atoms with Gasteiger partial charge in [0.1, 0.15) is 6.04 Å². The van der Waals surface area contributed by atoms with Crippen molar-refractivity contribution in [3.05, 3.63) is 0 Å². The highest BCUT2D eigenvalue weighted by Crippen LogP contribution is 2.28. The van der Waals surface area contributed by atoms with Crippen molar-refractivity contribution in [1.82, 2.24) is 4.90 Å². The van der Waals surface area contributed by atoms with E-state index in [-0.39, 0.29) is 17.9 Å². The van der Waals surface area contributed by atoms with Crippen molar-refractivity contribution in [3.63, 3.8) is 0 Å². The fraction of sp³-hybridized carbons (Fsp3) is 0.857. The highest BCUT2D eigenvalue weighted by atomic mass is 16.5. The van der Waals surface area contributed by atoms with Gasteiger partial charge in [0, 0.05) is 13.0 Å². The number of esters is 1. The largest absolute Gasteiger partial charge is 0.467 e. The first-order chi connectivity index (χ1) is 8.72. The second-order valence-electron chi connectivity index (χ2n) is 5.48. The minimum absolute atomic E-state index is 0.148. The molecule has 1 unspecified atom stereocenters. The number of ether oxygens (including phenoxy) is 1. The van der Waals surface area contributed by atoms with Crippen molar-refractivity contribution in [2.45, 2.75) is 57.4 Å². The van der Waals surface area contributed by atoms with E-state index in [4.69, 9.17) is 4.74 Å². The molecule has 1 heterocycles. The van der Waals surface area contributed by atoms with Gasteiger partial charge in [-0.05, 0) is 31.6 Å². The van der Waals surface area contributed by atoms with E-state index in [2.05, 4.69) is 0 Å². The lowest BCUT2D eigenvalue weighted by atomic mass is 9.86. The minimum Gasteiger partial charge on any atom is -0.467 e. The quantitative estimate of drug-likeness (QED) is 0.724. The average molecular weight is 253 g/mol. The first-order valence-electron chi connectivity index (χ1n) is 7.09. The minimum atomic E-state index is -0.328. The van der Waals surface area contributed by atoms with Crippen LogP contribution < -0.4 is 0 Å². The van der Waals surface area contributed by atoms with Crippen molar-refractivity contribution in [2.75, 3.05) is 13.7 Å². The molecule has 2 rings (SSSR count). The fourth-order valence-corrected chi connectivity index (χ4v) is 3.20. The van der Waals surface area contributed by atoms with Gasteiger partial charge in [0.25, 0.3) is 0 Å². The first kappa shape index (κ1) is 13.4. The SMILES string of the molecule is COC(=O)C1CCCN1C(=O)CC1CCCCC1. The molecule has 1 atom stereocenters. The van der Waals surface area contributed by atoms with Gasteiger partial charge >= 0.3 is 5.97 Å². The fourth-order valence-electron chi connectivity index (χ4n) is 3.20. The van der Waals surface area contributed by atoms with Crippen molar-refractivity contribution < 1.29 is 14.3 Å². The zero-order valence-corrected chi connectivity index (χ0v) is 11.2. The normalized spacial score (nSPS) is 25.2. The number of nitrogens with zero attached hydrogens (tertiary/aromatic N) is 1. The Bertz CT molecular complexity index is 310. The lowest BCUT2D eigenvalue weighted by Gasteiger charge is -2.26. The van der Waals surface area contributed by atoms with Crippen LogP contribution in [0.25, 0.3) is 0 Å². The van der Waals surface area contributed by atoms with Crippen LogP contribution in [0.3, 0.4) is 0 Å². The standard InChI is InChI=1S/C14H23NO3/c1-18-14(17)12-8-5-9-15(12)13(16)10-11-6-3-2-4-7-11/h11-12H,2-10H2,1H3. The first-order valence-corrected chi connectivity index (χ1v) is 7.09. The van der Waals surface area contributed by atoms with Crippen LogP contribution in [0.5, 0.6) is 0 Å². The van der Waals surface area contributed by atoms with Crippen LogP contribution in [0.15, 0.2) is 0 Å². The lowest BCUT2D eigenvalue weighted by Crippen LogP contribution is -2.41. The maximum atomic E-state index is 12.3. The van der Waals surface area contributed by atoms with Gasteiger partial charge in [0.05, 0.1) is 7.11 Å². The maximum absolute atomic E-state index is 12.3. The van der Waals surface area contributed by atoms with Gasteiger partial charge in [0.2, 0.25) is 5.91 Å². The predicted molar refractivity (Wildman–Crippen MR) is 67.9 cm³/mol. The predicted octanol–water partition coefficient (Wildman–Crippen LogP) is 2.12. The molecule has 1 saturated carbocycles. The molecule has 0 radical (unpaired) electrons. The van der Waals surface area contributed by atoms with E-state index in [0.717, 1.165) is 12.8 Å². The monoisotopic (exact) mass is 253 g/mol. The van der Waals surface area contributed by atoms with E-state index in [1.54, 1.807) is 4.90 Å². The van der Waals surface area contributed by atoms with E-state index in [1.807, 2.05) is 0 Å². The third kappa shape index (κ3) is 3.03. The smallest absolute Gasteiger partial charge is 0.328 e. The van der Waals surface area contributed by atoms with E-state index in [0.29, 0.717) is 18.9 Å². The van der Waals surface area contributed by atoms with E-state index >= 15 is 0 Å². The molecule has 1 aliphatic carbocycles. The third-order valence-electron chi connectivity index (χ3n) is 4.23. The van der Waals surface area contributed by atoms with Crippen LogP contribution in [0.2, 0.25) is 0 Å². The van der Waals surface area contributed by atoms with Gasteiger partial charge in [-0.2, -0.15) is 0 Å². The second kappa shape index (κ2) is 6.21. The number of hydrogen-bond donors (Lipinski definition) is 0. The van der Waals surface area contributed by atoms with Gasteiger partial charge < -0.3 is 9.64 Å². The summed E-state index contributed by atoms with van der Waals surface area (Å²) in [6, 6.07) is -0.328. The van der Waals surface area contributed by atoms with E-state index in [1.165, 1.54) is 39.2 Å². The van der Waals surface area contributed by atoms with Gasteiger partial charge in [0.15, 0.2) is 0 Å². The molecular weight excluding hydrogens is 230 g/mol. The molecule has 2 fully saturated rings. The second-order valence-corrected chi connectivity index (χ2v) is 5.48. The van der Waals surface area contributed by atoms with Crippen LogP contribution in [0.1, 0.15) is 51.4 Å². The Morgan fingerprint density at radius 1 is 1.11 bits per heavy atom.